The summed E-state index contributed by atoms with van der Waals surface area (Å²) < 4.78 is 9.86. The summed E-state index contributed by atoms with van der Waals surface area (Å²) in [7, 11) is 1.27. The van der Waals surface area contributed by atoms with Gasteiger partial charge >= 0.3 is 11.9 Å². The number of hydrogen-bond acceptors (Lipinski definition) is 5. The predicted octanol–water partition coefficient (Wildman–Crippen LogP) is 3.23. The Kier molecular flexibility index (Phi) is 7.37. The van der Waals surface area contributed by atoms with Crippen molar-refractivity contribution in [2.75, 3.05) is 13.7 Å². The molecule has 2 N–H and O–H groups in total. The van der Waals surface area contributed by atoms with Crippen LogP contribution in [0.5, 0.6) is 0 Å². The van der Waals surface area contributed by atoms with Crippen LogP contribution >= 0.6 is 0 Å². The monoisotopic (exact) mass is 386 g/mol. The molecule has 1 aromatic heterocycles. The maximum absolute atomic E-state index is 12.3. The Morgan fingerprint density at radius 3 is 2.39 bits per heavy atom. The molecule has 0 bridgehead atoms. The van der Waals surface area contributed by atoms with Crippen LogP contribution in [-0.4, -0.2) is 36.5 Å². The molecule has 0 unspecified atom stereocenters. The number of hydrogen-bond donors (Lipinski definition) is 2. The van der Waals surface area contributed by atoms with E-state index in [0.717, 1.165) is 18.4 Å². The zero-order valence-corrected chi connectivity index (χ0v) is 16.6. The Bertz CT molecular complexity index is 842. The summed E-state index contributed by atoms with van der Waals surface area (Å²) in [5.74, 6) is -1.62. The van der Waals surface area contributed by atoms with E-state index in [2.05, 4.69) is 10.3 Å². The van der Waals surface area contributed by atoms with Crippen molar-refractivity contribution in [1.82, 2.24) is 10.3 Å². The van der Waals surface area contributed by atoms with Crippen LogP contribution in [0.3, 0.4) is 0 Å². The van der Waals surface area contributed by atoms with Crippen molar-refractivity contribution in [2.24, 2.45) is 0 Å². The highest BCUT2D eigenvalue weighted by Crippen LogP contribution is 2.20. The largest absolute Gasteiger partial charge is 0.465 e. The summed E-state index contributed by atoms with van der Waals surface area (Å²) in [6.45, 7) is 4.92. The Labute approximate surface area is 164 Å². The molecule has 2 aromatic rings. The van der Waals surface area contributed by atoms with Gasteiger partial charge in [0.15, 0.2) is 6.61 Å². The normalized spacial score (nSPS) is 11.6. The van der Waals surface area contributed by atoms with E-state index in [1.165, 1.54) is 7.11 Å². The van der Waals surface area contributed by atoms with Crippen molar-refractivity contribution in [3.8, 4) is 0 Å². The standard InChI is InChI=1S/C21H26N2O5/c1-5-9-16(15-10-7-6-8-11-15)23-17(24)12-28-21(26)19-13(2)18(14(3)22-19)20(25)27-4/h6-8,10-11,16,22H,5,9,12H2,1-4H3,(H,23,24)/t16-/m1/s1. The first-order chi connectivity index (χ1) is 13.4. The van der Waals surface area contributed by atoms with E-state index >= 15 is 0 Å². The molecule has 0 aliphatic rings. The van der Waals surface area contributed by atoms with Crippen molar-refractivity contribution in [3.05, 3.63) is 58.4 Å². The van der Waals surface area contributed by atoms with E-state index in [1.807, 2.05) is 37.3 Å². The van der Waals surface area contributed by atoms with Crippen molar-refractivity contribution in [2.45, 2.75) is 39.7 Å². The quantitative estimate of drug-likeness (QED) is 0.679. The van der Waals surface area contributed by atoms with E-state index in [1.54, 1.807) is 13.8 Å². The van der Waals surface area contributed by atoms with Gasteiger partial charge in [0.25, 0.3) is 5.91 Å². The molecule has 0 saturated heterocycles. The highest BCUT2D eigenvalue weighted by atomic mass is 16.5. The molecular formula is C21H26N2O5. The molecular weight excluding hydrogens is 360 g/mol. The number of benzene rings is 1. The van der Waals surface area contributed by atoms with Crippen molar-refractivity contribution in [1.29, 1.82) is 0 Å². The molecule has 7 heteroatoms. The number of aromatic nitrogens is 1. The average molecular weight is 386 g/mol. The molecule has 2 rings (SSSR count). The molecule has 150 valence electrons. The summed E-state index contributed by atoms with van der Waals surface area (Å²) in [6, 6.07) is 9.51. The molecule has 0 saturated carbocycles. The first-order valence-electron chi connectivity index (χ1n) is 9.17. The van der Waals surface area contributed by atoms with Crippen LogP contribution < -0.4 is 5.32 Å². The van der Waals surface area contributed by atoms with Gasteiger partial charge in [-0.2, -0.15) is 0 Å². The van der Waals surface area contributed by atoms with Crippen LogP contribution in [0.25, 0.3) is 0 Å². The first-order valence-corrected chi connectivity index (χ1v) is 9.17. The molecule has 28 heavy (non-hydrogen) atoms. The molecule has 7 nitrogen and oxygen atoms in total. The van der Waals surface area contributed by atoms with Gasteiger partial charge in [-0.1, -0.05) is 43.7 Å². The number of ether oxygens (including phenoxy) is 2. The number of nitrogens with one attached hydrogen (secondary N) is 2. The van der Waals surface area contributed by atoms with Crippen LogP contribution in [0.4, 0.5) is 0 Å². The third kappa shape index (κ3) is 5.00. The van der Waals surface area contributed by atoms with E-state index in [-0.39, 0.29) is 17.6 Å². The van der Waals surface area contributed by atoms with Gasteiger partial charge in [0.2, 0.25) is 0 Å². The predicted molar refractivity (Wildman–Crippen MR) is 104 cm³/mol. The lowest BCUT2D eigenvalue weighted by atomic mass is 10.0. The van der Waals surface area contributed by atoms with Crippen LogP contribution in [0.2, 0.25) is 0 Å². The highest BCUT2D eigenvalue weighted by molar-refractivity contribution is 5.99. The third-order valence-corrected chi connectivity index (χ3v) is 4.48. The molecule has 0 radical (unpaired) electrons. The SMILES string of the molecule is CCC[C@@H](NC(=O)COC(=O)c1[nH]c(C)c(C(=O)OC)c1C)c1ccccc1. The van der Waals surface area contributed by atoms with Crippen LogP contribution in [0, 0.1) is 13.8 Å². The van der Waals surface area contributed by atoms with Gasteiger partial charge in [0.05, 0.1) is 18.7 Å². The summed E-state index contributed by atoms with van der Waals surface area (Å²) in [5.41, 5.74) is 2.38. The number of aromatic amines is 1. The fourth-order valence-electron chi connectivity index (χ4n) is 3.10. The average Bonchev–Trinajstić information content (AvgIpc) is 3.00. The van der Waals surface area contributed by atoms with Gasteiger partial charge in [-0.15, -0.1) is 0 Å². The van der Waals surface area contributed by atoms with Crippen molar-refractivity contribution >= 4 is 17.8 Å². The lowest BCUT2D eigenvalue weighted by Gasteiger charge is -2.18. The summed E-state index contributed by atoms with van der Waals surface area (Å²) in [4.78, 5) is 39.3. The number of esters is 2. The molecule has 1 aromatic carbocycles. The Morgan fingerprint density at radius 2 is 1.79 bits per heavy atom. The zero-order chi connectivity index (χ0) is 20.7. The topological polar surface area (TPSA) is 97.5 Å². The van der Waals surface area contributed by atoms with Gasteiger partial charge < -0.3 is 19.8 Å². The van der Waals surface area contributed by atoms with Gasteiger partial charge in [-0.3, -0.25) is 4.79 Å². The minimum absolute atomic E-state index is 0.138. The van der Waals surface area contributed by atoms with Crippen molar-refractivity contribution in [3.63, 3.8) is 0 Å². The number of carbonyl (C=O) groups is 3. The lowest BCUT2D eigenvalue weighted by Crippen LogP contribution is -2.32. The summed E-state index contributed by atoms with van der Waals surface area (Å²) >= 11 is 0. The fourth-order valence-corrected chi connectivity index (χ4v) is 3.10. The molecule has 0 spiro atoms. The van der Waals surface area contributed by atoms with E-state index < -0.39 is 18.5 Å². The molecule has 0 fully saturated rings. The minimum Gasteiger partial charge on any atom is -0.465 e. The molecule has 0 aliphatic carbocycles. The number of amides is 1. The second kappa shape index (κ2) is 9.73. The Hall–Kier alpha value is -3.09. The van der Waals surface area contributed by atoms with Crippen LogP contribution in [0.15, 0.2) is 30.3 Å². The maximum Gasteiger partial charge on any atom is 0.355 e. The zero-order valence-electron chi connectivity index (χ0n) is 16.6. The molecule has 0 aliphatic heterocycles. The molecule has 1 heterocycles. The van der Waals surface area contributed by atoms with Gasteiger partial charge in [-0.25, -0.2) is 9.59 Å². The maximum atomic E-state index is 12.3. The Balaban J connectivity index is 2.00. The van der Waals surface area contributed by atoms with E-state index in [9.17, 15) is 14.4 Å². The van der Waals surface area contributed by atoms with Gasteiger partial charge in [0.1, 0.15) is 5.69 Å². The van der Waals surface area contributed by atoms with Gasteiger partial charge in [0, 0.05) is 5.69 Å². The van der Waals surface area contributed by atoms with Crippen molar-refractivity contribution < 1.29 is 23.9 Å². The lowest BCUT2D eigenvalue weighted by molar-refractivity contribution is -0.125. The number of carbonyl (C=O) groups excluding carboxylic acids is 3. The number of H-pyrrole nitrogens is 1. The summed E-state index contributed by atoms with van der Waals surface area (Å²) in [6.07, 6.45) is 1.68. The molecule has 1 atom stereocenters. The number of aryl methyl sites for hydroxylation is 1. The first kappa shape index (κ1) is 21.2. The second-order valence-electron chi connectivity index (χ2n) is 6.51. The van der Waals surface area contributed by atoms with E-state index in [4.69, 9.17) is 9.47 Å². The smallest absolute Gasteiger partial charge is 0.355 e. The molecule has 1 amide bonds. The summed E-state index contributed by atoms with van der Waals surface area (Å²) in [5, 5.41) is 2.90. The van der Waals surface area contributed by atoms with Crippen LogP contribution in [-0.2, 0) is 14.3 Å². The van der Waals surface area contributed by atoms with Crippen LogP contribution in [0.1, 0.15) is 63.5 Å². The minimum atomic E-state index is -0.697. The number of rotatable bonds is 8. The Morgan fingerprint density at radius 1 is 1.11 bits per heavy atom. The number of methoxy groups -OCH3 is 1. The third-order valence-electron chi connectivity index (χ3n) is 4.48. The van der Waals surface area contributed by atoms with Gasteiger partial charge in [-0.05, 0) is 31.4 Å². The van der Waals surface area contributed by atoms with E-state index in [0.29, 0.717) is 16.8 Å². The fraction of sp³-hybridized carbons (Fsp3) is 0.381. The highest BCUT2D eigenvalue weighted by Gasteiger charge is 2.24. The second-order valence-corrected chi connectivity index (χ2v) is 6.51.